The first-order valence-electron chi connectivity index (χ1n) is 8.99. The molecule has 23 heavy (non-hydrogen) atoms. The van der Waals surface area contributed by atoms with Gasteiger partial charge >= 0.3 is 0 Å². The van der Waals surface area contributed by atoms with E-state index >= 15 is 0 Å². The first-order valence-corrected chi connectivity index (χ1v) is 8.99. The number of para-hydroxylation sites is 1. The van der Waals surface area contributed by atoms with Crippen molar-refractivity contribution in [2.24, 2.45) is 4.99 Å². The molecule has 0 aliphatic rings. The van der Waals surface area contributed by atoms with Crippen molar-refractivity contribution in [3.05, 3.63) is 29.3 Å². The maximum Gasteiger partial charge on any atom is 0.206 e. The number of hydrogen-bond acceptors (Lipinski definition) is 3. The normalized spacial score (nSPS) is 13.7. The quantitative estimate of drug-likeness (QED) is 0.482. The van der Waals surface area contributed by atoms with E-state index in [0.717, 1.165) is 37.5 Å². The third-order valence-corrected chi connectivity index (χ3v) is 4.05. The molecular weight excluding hydrogens is 284 g/mol. The van der Waals surface area contributed by atoms with Gasteiger partial charge in [0.05, 0.1) is 17.8 Å². The topological polar surface area (TPSA) is 24.8 Å². The van der Waals surface area contributed by atoms with Gasteiger partial charge in [-0.25, -0.2) is 4.99 Å². The summed E-state index contributed by atoms with van der Waals surface area (Å²) >= 11 is 0. The Morgan fingerprint density at radius 1 is 1.13 bits per heavy atom. The number of benzene rings is 1. The maximum absolute atomic E-state index is 6.15. The molecule has 0 saturated carbocycles. The predicted molar refractivity (Wildman–Crippen MR) is 101 cm³/mol. The second-order valence-electron chi connectivity index (χ2n) is 6.41. The van der Waals surface area contributed by atoms with E-state index in [9.17, 15) is 0 Å². The summed E-state index contributed by atoms with van der Waals surface area (Å²) in [5, 5.41) is 0. The Balaban J connectivity index is 3.28. The monoisotopic (exact) mass is 318 g/mol. The predicted octanol–water partition coefficient (Wildman–Crippen LogP) is 5.27. The largest absolute Gasteiger partial charge is 0.477 e. The molecule has 0 radical (unpaired) electrons. The molecule has 3 heteroatoms. The first kappa shape index (κ1) is 19.7. The van der Waals surface area contributed by atoms with E-state index in [1.807, 2.05) is 0 Å². The third-order valence-electron chi connectivity index (χ3n) is 4.05. The summed E-state index contributed by atoms with van der Waals surface area (Å²) in [4.78, 5) is 7.44. The van der Waals surface area contributed by atoms with Crippen molar-refractivity contribution in [2.75, 3.05) is 13.1 Å². The number of aliphatic imine (C=N–C) groups is 1. The lowest BCUT2D eigenvalue weighted by Crippen LogP contribution is -2.43. The van der Waals surface area contributed by atoms with Crippen LogP contribution in [-0.2, 0) is 4.74 Å². The molecule has 0 aromatic heterocycles. The van der Waals surface area contributed by atoms with Crippen LogP contribution in [0.1, 0.15) is 58.6 Å². The molecule has 0 aliphatic carbocycles. The average molecular weight is 319 g/mol. The average Bonchev–Trinajstić information content (AvgIpc) is 2.50. The highest BCUT2D eigenvalue weighted by atomic mass is 16.5. The van der Waals surface area contributed by atoms with Gasteiger partial charge in [-0.1, -0.05) is 39.0 Å². The van der Waals surface area contributed by atoms with E-state index < -0.39 is 0 Å². The van der Waals surface area contributed by atoms with Crippen LogP contribution in [-0.4, -0.2) is 36.0 Å². The van der Waals surface area contributed by atoms with Gasteiger partial charge in [-0.05, 0) is 64.8 Å². The van der Waals surface area contributed by atoms with Crippen LogP contribution in [0.15, 0.2) is 23.2 Å². The molecule has 1 aromatic carbocycles. The molecule has 1 atom stereocenters. The van der Waals surface area contributed by atoms with Crippen LogP contribution in [0.5, 0.6) is 0 Å². The number of nitrogens with zero attached hydrogens (tertiary/aromatic N) is 2. The van der Waals surface area contributed by atoms with Crippen LogP contribution >= 0.6 is 0 Å². The van der Waals surface area contributed by atoms with E-state index in [0.29, 0.717) is 0 Å². The SMILES string of the molecule is CCCN(CC)C(CC)C(=Nc1c(C)cccc1C)OC(C)C. The molecule has 0 bridgehead atoms. The second-order valence-corrected chi connectivity index (χ2v) is 6.41. The molecule has 0 amide bonds. The Labute approximate surface area is 142 Å². The van der Waals surface area contributed by atoms with Crippen LogP contribution < -0.4 is 0 Å². The Bertz CT molecular complexity index is 488. The molecular formula is C20H34N2O. The molecule has 0 aliphatic heterocycles. The van der Waals surface area contributed by atoms with Crippen LogP contribution in [0, 0.1) is 13.8 Å². The van der Waals surface area contributed by atoms with Gasteiger partial charge in [0, 0.05) is 0 Å². The molecule has 0 fully saturated rings. The third kappa shape index (κ3) is 5.65. The van der Waals surface area contributed by atoms with E-state index in [2.05, 4.69) is 71.6 Å². The van der Waals surface area contributed by atoms with Crippen molar-refractivity contribution >= 4 is 11.6 Å². The number of likely N-dealkylation sites (N-methyl/N-ethyl adjacent to an activating group) is 1. The van der Waals surface area contributed by atoms with E-state index in [4.69, 9.17) is 9.73 Å². The molecule has 1 aromatic rings. The minimum atomic E-state index is 0.132. The molecule has 3 nitrogen and oxygen atoms in total. The van der Waals surface area contributed by atoms with Gasteiger partial charge < -0.3 is 4.74 Å². The summed E-state index contributed by atoms with van der Waals surface area (Å²) in [6.45, 7) is 17.1. The Kier molecular flexibility index (Phi) is 8.32. The molecule has 1 unspecified atom stereocenters. The van der Waals surface area contributed by atoms with Gasteiger partial charge in [0.1, 0.15) is 0 Å². The minimum Gasteiger partial charge on any atom is -0.477 e. The van der Waals surface area contributed by atoms with Gasteiger partial charge in [-0.3, -0.25) is 4.90 Å². The number of rotatable bonds is 8. The molecule has 0 N–H and O–H groups in total. The molecule has 130 valence electrons. The van der Waals surface area contributed by atoms with Gasteiger partial charge in [-0.15, -0.1) is 0 Å². The first-order chi connectivity index (χ1) is 10.9. The van der Waals surface area contributed by atoms with Crippen molar-refractivity contribution in [2.45, 2.75) is 73.5 Å². The molecule has 0 saturated heterocycles. The lowest BCUT2D eigenvalue weighted by Gasteiger charge is -2.31. The lowest BCUT2D eigenvalue weighted by atomic mass is 10.1. The zero-order valence-electron chi connectivity index (χ0n) is 16.0. The summed E-state index contributed by atoms with van der Waals surface area (Å²) < 4.78 is 6.15. The zero-order chi connectivity index (χ0) is 17.4. The number of aryl methyl sites for hydroxylation is 2. The fourth-order valence-electron chi connectivity index (χ4n) is 2.92. The van der Waals surface area contributed by atoms with Crippen LogP contribution in [0.2, 0.25) is 0 Å². The Hall–Kier alpha value is -1.35. The fourth-order valence-corrected chi connectivity index (χ4v) is 2.92. The molecule has 1 rings (SSSR count). The van der Waals surface area contributed by atoms with E-state index in [1.54, 1.807) is 0 Å². The fraction of sp³-hybridized carbons (Fsp3) is 0.650. The Morgan fingerprint density at radius 3 is 2.17 bits per heavy atom. The highest BCUT2D eigenvalue weighted by molar-refractivity contribution is 5.85. The lowest BCUT2D eigenvalue weighted by molar-refractivity contribution is 0.170. The van der Waals surface area contributed by atoms with Crippen LogP contribution in [0.3, 0.4) is 0 Å². The van der Waals surface area contributed by atoms with Crippen molar-refractivity contribution in [3.8, 4) is 0 Å². The smallest absolute Gasteiger partial charge is 0.206 e. The van der Waals surface area contributed by atoms with Crippen molar-refractivity contribution in [1.29, 1.82) is 0 Å². The maximum atomic E-state index is 6.15. The zero-order valence-corrected chi connectivity index (χ0v) is 16.0. The summed E-state index contributed by atoms with van der Waals surface area (Å²) in [7, 11) is 0. The summed E-state index contributed by atoms with van der Waals surface area (Å²) in [5.74, 6) is 0.857. The number of ether oxygens (including phenoxy) is 1. The van der Waals surface area contributed by atoms with Crippen molar-refractivity contribution < 1.29 is 4.74 Å². The second kappa shape index (κ2) is 9.71. The summed E-state index contributed by atoms with van der Waals surface area (Å²) in [6, 6.07) is 6.55. The van der Waals surface area contributed by atoms with Gasteiger partial charge in [0.15, 0.2) is 0 Å². The van der Waals surface area contributed by atoms with Crippen molar-refractivity contribution in [1.82, 2.24) is 4.90 Å². The minimum absolute atomic E-state index is 0.132. The van der Waals surface area contributed by atoms with Gasteiger partial charge in [0.25, 0.3) is 0 Å². The van der Waals surface area contributed by atoms with Gasteiger partial charge in [0.2, 0.25) is 5.90 Å². The van der Waals surface area contributed by atoms with Crippen LogP contribution in [0.25, 0.3) is 0 Å². The van der Waals surface area contributed by atoms with Gasteiger partial charge in [-0.2, -0.15) is 0 Å². The van der Waals surface area contributed by atoms with Crippen molar-refractivity contribution in [3.63, 3.8) is 0 Å². The van der Waals surface area contributed by atoms with E-state index in [1.165, 1.54) is 11.1 Å². The highest BCUT2D eigenvalue weighted by Crippen LogP contribution is 2.25. The van der Waals surface area contributed by atoms with E-state index in [-0.39, 0.29) is 12.1 Å². The Morgan fingerprint density at radius 2 is 1.74 bits per heavy atom. The number of hydrogen-bond donors (Lipinski definition) is 0. The summed E-state index contributed by atoms with van der Waals surface area (Å²) in [6.07, 6.45) is 2.28. The summed E-state index contributed by atoms with van der Waals surface area (Å²) in [5.41, 5.74) is 3.45. The standard InChI is InChI=1S/C20H34N2O/c1-8-14-22(10-3)18(9-2)20(23-15(4)5)21-19-16(6)12-11-13-17(19)7/h11-13,15,18H,8-10,14H2,1-7H3. The molecule has 0 spiro atoms. The van der Waals surface area contributed by atoms with Crippen LogP contribution in [0.4, 0.5) is 5.69 Å². The highest BCUT2D eigenvalue weighted by Gasteiger charge is 2.23. The molecule has 0 heterocycles.